The van der Waals surface area contributed by atoms with Crippen molar-refractivity contribution in [3.63, 3.8) is 0 Å². The molecule has 1 amide bonds. The first kappa shape index (κ1) is 24.2. The van der Waals surface area contributed by atoms with E-state index in [-0.39, 0.29) is 5.56 Å². The number of hydroxylamine groups is 1. The van der Waals surface area contributed by atoms with E-state index >= 15 is 0 Å². The predicted molar refractivity (Wildman–Crippen MR) is 144 cm³/mol. The fourth-order valence-electron chi connectivity index (χ4n) is 4.53. The molecule has 1 aliphatic heterocycles. The SMILES string of the molecule is Cc1c(CN(C)c2ncc(C(=O)NO)cn2)sc2c(N3CCOCC3)nc(-c3cccc4[nH]ncc34)nc12. The molecule has 3 N–H and O–H groups in total. The minimum atomic E-state index is -0.657. The number of carbonyl (C=O) groups excluding carboxylic acids is 1. The van der Waals surface area contributed by atoms with Crippen LogP contribution >= 0.6 is 11.3 Å². The quantitative estimate of drug-likeness (QED) is 0.221. The van der Waals surface area contributed by atoms with Crippen LogP contribution in [-0.4, -0.2) is 74.6 Å². The molecule has 13 heteroatoms. The lowest BCUT2D eigenvalue weighted by atomic mass is 10.1. The number of fused-ring (bicyclic) bond motifs is 2. The Balaban J connectivity index is 1.41. The van der Waals surface area contributed by atoms with E-state index in [9.17, 15) is 4.79 Å². The number of carbonyl (C=O) groups is 1. The van der Waals surface area contributed by atoms with E-state index in [0.29, 0.717) is 31.5 Å². The van der Waals surface area contributed by atoms with Gasteiger partial charge in [0.05, 0.1) is 47.3 Å². The number of thiophene rings is 1. The molecule has 1 saturated heterocycles. The van der Waals surface area contributed by atoms with E-state index in [2.05, 4.69) is 32.0 Å². The van der Waals surface area contributed by atoms with Crippen LogP contribution in [0.25, 0.3) is 32.5 Å². The van der Waals surface area contributed by atoms with Crippen LogP contribution in [-0.2, 0) is 11.3 Å². The highest BCUT2D eigenvalue weighted by Gasteiger charge is 2.23. The average molecular weight is 532 g/mol. The Morgan fingerprint density at radius 1 is 1.21 bits per heavy atom. The molecule has 0 unspecified atom stereocenters. The van der Waals surface area contributed by atoms with Crippen molar-refractivity contribution in [1.29, 1.82) is 0 Å². The van der Waals surface area contributed by atoms with Crippen LogP contribution in [0.5, 0.6) is 0 Å². The minimum absolute atomic E-state index is 0.174. The molecule has 1 aromatic carbocycles. The summed E-state index contributed by atoms with van der Waals surface area (Å²) in [5.41, 5.74) is 5.62. The third kappa shape index (κ3) is 4.30. The fraction of sp³-hybridized carbons (Fsp3) is 0.280. The van der Waals surface area contributed by atoms with Gasteiger partial charge in [0, 0.05) is 48.4 Å². The summed E-state index contributed by atoms with van der Waals surface area (Å²) in [6.07, 6.45) is 4.57. The zero-order chi connectivity index (χ0) is 26.2. The summed E-state index contributed by atoms with van der Waals surface area (Å²) < 4.78 is 6.64. The van der Waals surface area contributed by atoms with Crippen LogP contribution in [0.1, 0.15) is 20.8 Å². The number of ether oxygens (including phenoxy) is 1. The Hall–Kier alpha value is -4.20. The number of anilines is 2. The van der Waals surface area contributed by atoms with E-state index in [1.54, 1.807) is 16.8 Å². The Morgan fingerprint density at radius 2 is 2.00 bits per heavy atom. The smallest absolute Gasteiger partial charge is 0.277 e. The monoisotopic (exact) mass is 531 g/mol. The van der Waals surface area contributed by atoms with Crippen molar-refractivity contribution in [1.82, 2.24) is 35.6 Å². The molecule has 1 fully saturated rings. The van der Waals surface area contributed by atoms with Crippen molar-refractivity contribution in [2.24, 2.45) is 0 Å². The summed E-state index contributed by atoms with van der Waals surface area (Å²) in [5.74, 6) is 1.37. The van der Waals surface area contributed by atoms with Gasteiger partial charge in [-0.1, -0.05) is 12.1 Å². The summed E-state index contributed by atoms with van der Waals surface area (Å²) in [6.45, 7) is 5.45. The molecule has 38 heavy (non-hydrogen) atoms. The Kier molecular flexibility index (Phi) is 6.31. The lowest BCUT2D eigenvalue weighted by Crippen LogP contribution is -2.36. The van der Waals surface area contributed by atoms with Gasteiger partial charge in [0.1, 0.15) is 0 Å². The molecular weight excluding hydrogens is 506 g/mol. The highest BCUT2D eigenvalue weighted by Crippen LogP contribution is 2.39. The summed E-state index contributed by atoms with van der Waals surface area (Å²) in [6, 6.07) is 5.99. The van der Waals surface area contributed by atoms with Gasteiger partial charge in [-0.15, -0.1) is 11.3 Å². The van der Waals surface area contributed by atoms with Crippen LogP contribution in [0.4, 0.5) is 11.8 Å². The first-order valence-corrected chi connectivity index (χ1v) is 12.9. The molecule has 4 aromatic heterocycles. The maximum atomic E-state index is 11.6. The number of morpholine rings is 1. The van der Waals surface area contributed by atoms with Crippen LogP contribution in [0.3, 0.4) is 0 Å². The number of amides is 1. The van der Waals surface area contributed by atoms with Crippen molar-refractivity contribution in [3.8, 4) is 11.4 Å². The van der Waals surface area contributed by atoms with Crippen LogP contribution in [0, 0.1) is 6.92 Å². The maximum absolute atomic E-state index is 11.6. The molecule has 0 saturated carbocycles. The average Bonchev–Trinajstić information content (AvgIpc) is 3.57. The van der Waals surface area contributed by atoms with Gasteiger partial charge in [-0.05, 0) is 18.6 Å². The predicted octanol–water partition coefficient (Wildman–Crippen LogP) is 2.93. The highest BCUT2D eigenvalue weighted by molar-refractivity contribution is 7.19. The van der Waals surface area contributed by atoms with Gasteiger partial charge >= 0.3 is 0 Å². The molecule has 5 heterocycles. The number of aryl methyl sites for hydroxylation is 1. The van der Waals surface area contributed by atoms with Crippen molar-refractivity contribution in [2.45, 2.75) is 13.5 Å². The molecule has 1 aliphatic rings. The zero-order valence-electron chi connectivity index (χ0n) is 20.8. The van der Waals surface area contributed by atoms with Crippen LogP contribution in [0.15, 0.2) is 36.8 Å². The summed E-state index contributed by atoms with van der Waals surface area (Å²) in [5, 5.41) is 17.0. The van der Waals surface area contributed by atoms with Gasteiger partial charge in [0.25, 0.3) is 5.91 Å². The largest absolute Gasteiger partial charge is 0.378 e. The molecule has 0 aliphatic carbocycles. The number of nitrogens with one attached hydrogen (secondary N) is 2. The zero-order valence-corrected chi connectivity index (χ0v) is 21.6. The van der Waals surface area contributed by atoms with Crippen molar-refractivity contribution in [3.05, 3.63) is 52.8 Å². The Morgan fingerprint density at radius 3 is 2.76 bits per heavy atom. The number of hydrogen-bond donors (Lipinski definition) is 3. The molecule has 5 aromatic rings. The van der Waals surface area contributed by atoms with E-state index in [1.165, 1.54) is 12.4 Å². The van der Waals surface area contributed by atoms with Crippen molar-refractivity contribution < 1.29 is 14.7 Å². The standard InChI is InChI=1S/C25H25N9O3S/c1-14-19(13-33(2)25-26-10-15(11-27-25)24(35)32-36)38-21-20(14)29-22(30-23(21)34-6-8-37-9-7-34)16-4-3-5-18-17(16)12-28-31-18/h3-5,10-12,36H,6-9,13H2,1-2H3,(H,28,31)(H,32,35). The Labute approximate surface area is 221 Å². The molecule has 194 valence electrons. The van der Waals surface area contributed by atoms with Crippen molar-refractivity contribution >= 4 is 50.1 Å². The molecule has 6 rings (SSSR count). The summed E-state index contributed by atoms with van der Waals surface area (Å²) >= 11 is 1.67. The van der Waals surface area contributed by atoms with Gasteiger partial charge in [-0.3, -0.25) is 15.1 Å². The number of rotatable bonds is 6. The second-order valence-electron chi connectivity index (χ2n) is 9.00. The lowest BCUT2D eigenvalue weighted by Gasteiger charge is -2.28. The van der Waals surface area contributed by atoms with Gasteiger partial charge in [0.2, 0.25) is 5.95 Å². The minimum Gasteiger partial charge on any atom is -0.378 e. The molecule has 0 atom stereocenters. The third-order valence-corrected chi connectivity index (χ3v) is 7.87. The number of H-pyrrole nitrogens is 1. The molecular formula is C25H25N9O3S. The first-order chi connectivity index (χ1) is 18.5. The normalized spacial score (nSPS) is 13.8. The lowest BCUT2D eigenvalue weighted by molar-refractivity contribution is 0.0705. The second-order valence-corrected chi connectivity index (χ2v) is 10.1. The van der Waals surface area contributed by atoms with Gasteiger partial charge in [-0.2, -0.15) is 5.10 Å². The molecule has 0 spiro atoms. The molecule has 0 bridgehead atoms. The van der Waals surface area contributed by atoms with Gasteiger partial charge < -0.3 is 14.5 Å². The number of hydrogen-bond acceptors (Lipinski definition) is 11. The molecule has 0 radical (unpaired) electrons. The third-order valence-electron chi connectivity index (χ3n) is 6.61. The van der Waals surface area contributed by atoms with Gasteiger partial charge in [-0.25, -0.2) is 25.4 Å². The first-order valence-electron chi connectivity index (χ1n) is 12.1. The number of nitrogens with zero attached hydrogens (tertiary/aromatic N) is 7. The van der Waals surface area contributed by atoms with E-state index in [0.717, 1.165) is 56.0 Å². The molecule has 12 nitrogen and oxygen atoms in total. The maximum Gasteiger partial charge on any atom is 0.277 e. The summed E-state index contributed by atoms with van der Waals surface area (Å²) in [7, 11) is 1.89. The van der Waals surface area contributed by atoms with Gasteiger partial charge in [0.15, 0.2) is 11.6 Å². The van der Waals surface area contributed by atoms with Crippen molar-refractivity contribution in [2.75, 3.05) is 43.2 Å². The van der Waals surface area contributed by atoms with E-state index in [4.69, 9.17) is 19.9 Å². The van der Waals surface area contributed by atoms with E-state index in [1.807, 2.05) is 36.3 Å². The van der Waals surface area contributed by atoms with Crippen LogP contribution in [0.2, 0.25) is 0 Å². The topological polar surface area (TPSA) is 145 Å². The number of aromatic nitrogens is 6. The van der Waals surface area contributed by atoms with E-state index < -0.39 is 5.91 Å². The fourth-order valence-corrected chi connectivity index (χ4v) is 5.84. The summed E-state index contributed by atoms with van der Waals surface area (Å²) in [4.78, 5) is 35.6. The number of benzene rings is 1. The van der Waals surface area contributed by atoms with Crippen LogP contribution < -0.4 is 15.3 Å². The number of aromatic amines is 1. The second kappa shape index (κ2) is 9.93. The highest BCUT2D eigenvalue weighted by atomic mass is 32.1. The Bertz CT molecular complexity index is 1630.